The Bertz CT molecular complexity index is 351. The summed E-state index contributed by atoms with van der Waals surface area (Å²) in [7, 11) is -2.88. The largest absolute Gasteiger partial charge is 0.381 e. The van der Waals surface area contributed by atoms with Crippen molar-refractivity contribution >= 4 is 9.84 Å². The number of hydrogen-bond donors (Lipinski definition) is 1. The Morgan fingerprint density at radius 2 is 1.78 bits per heavy atom. The van der Waals surface area contributed by atoms with E-state index in [1.54, 1.807) is 0 Å². The van der Waals surface area contributed by atoms with E-state index in [1.165, 1.54) is 6.26 Å². The highest BCUT2D eigenvalue weighted by molar-refractivity contribution is 7.90. The Morgan fingerprint density at radius 1 is 1.22 bits per heavy atom. The molecule has 1 aliphatic heterocycles. The molecule has 0 bridgehead atoms. The molecule has 1 saturated heterocycles. The van der Waals surface area contributed by atoms with E-state index in [0.29, 0.717) is 0 Å². The van der Waals surface area contributed by atoms with Gasteiger partial charge >= 0.3 is 0 Å². The molecule has 0 radical (unpaired) electrons. The van der Waals surface area contributed by atoms with Gasteiger partial charge in [-0.25, -0.2) is 8.42 Å². The molecule has 4 nitrogen and oxygen atoms in total. The maximum atomic E-state index is 11.4. The van der Waals surface area contributed by atoms with Gasteiger partial charge in [-0.3, -0.25) is 0 Å². The molecule has 5 heteroatoms. The van der Waals surface area contributed by atoms with E-state index < -0.39 is 9.84 Å². The lowest BCUT2D eigenvalue weighted by Gasteiger charge is -2.39. The molecule has 1 aliphatic rings. The van der Waals surface area contributed by atoms with Gasteiger partial charge in [-0.05, 0) is 45.4 Å². The van der Waals surface area contributed by atoms with Gasteiger partial charge in [0.15, 0.2) is 0 Å². The molecular formula is C13H27NO3S. The topological polar surface area (TPSA) is 55.4 Å². The van der Waals surface area contributed by atoms with Crippen molar-refractivity contribution in [2.45, 2.75) is 45.6 Å². The van der Waals surface area contributed by atoms with Gasteiger partial charge in [-0.2, -0.15) is 0 Å². The van der Waals surface area contributed by atoms with Crippen molar-refractivity contribution in [3.63, 3.8) is 0 Å². The molecule has 1 rings (SSSR count). The van der Waals surface area contributed by atoms with Crippen molar-refractivity contribution < 1.29 is 13.2 Å². The predicted molar refractivity (Wildman–Crippen MR) is 74.6 cm³/mol. The average molecular weight is 277 g/mol. The third-order valence-electron chi connectivity index (χ3n) is 3.55. The lowest BCUT2D eigenvalue weighted by molar-refractivity contribution is 0.0104. The fraction of sp³-hybridized carbons (Fsp3) is 1.00. The molecule has 1 N–H and O–H groups in total. The van der Waals surface area contributed by atoms with E-state index >= 15 is 0 Å². The van der Waals surface area contributed by atoms with E-state index in [4.69, 9.17) is 4.74 Å². The lowest BCUT2D eigenvalue weighted by Crippen LogP contribution is -2.46. The number of ether oxygens (including phenoxy) is 1. The second kappa shape index (κ2) is 5.88. The summed E-state index contributed by atoms with van der Waals surface area (Å²) in [5, 5.41) is 3.52. The summed E-state index contributed by atoms with van der Waals surface area (Å²) in [6.45, 7) is 8.77. The standard InChI is InChI=1S/C13H27NO3S/c1-12(2,3)14-11-13(5-8-17-9-6-13)7-10-18(4,15)16/h14H,5-11H2,1-4H3. The zero-order valence-electron chi connectivity index (χ0n) is 12.1. The highest BCUT2D eigenvalue weighted by atomic mass is 32.2. The summed E-state index contributed by atoms with van der Waals surface area (Å²) in [4.78, 5) is 0. The van der Waals surface area contributed by atoms with Crippen molar-refractivity contribution in [1.82, 2.24) is 5.32 Å². The van der Waals surface area contributed by atoms with Crippen LogP contribution in [-0.4, -0.2) is 45.7 Å². The monoisotopic (exact) mass is 277 g/mol. The molecule has 0 amide bonds. The first-order valence-electron chi connectivity index (χ1n) is 6.63. The normalized spacial score (nSPS) is 20.9. The van der Waals surface area contributed by atoms with Gasteiger partial charge in [0.1, 0.15) is 9.84 Å². The summed E-state index contributed by atoms with van der Waals surface area (Å²) in [5.74, 6) is 0.277. The molecule has 18 heavy (non-hydrogen) atoms. The maximum Gasteiger partial charge on any atom is 0.147 e. The first-order chi connectivity index (χ1) is 8.12. The summed E-state index contributed by atoms with van der Waals surface area (Å²) >= 11 is 0. The van der Waals surface area contributed by atoms with Crippen LogP contribution in [0.1, 0.15) is 40.0 Å². The fourth-order valence-electron chi connectivity index (χ4n) is 2.17. The van der Waals surface area contributed by atoms with Gasteiger partial charge in [0.2, 0.25) is 0 Å². The Morgan fingerprint density at radius 3 is 2.22 bits per heavy atom. The van der Waals surface area contributed by atoms with Gasteiger partial charge < -0.3 is 10.1 Å². The Balaban J connectivity index is 2.63. The Hall–Kier alpha value is -0.130. The minimum atomic E-state index is -2.88. The number of rotatable bonds is 5. The lowest BCUT2D eigenvalue weighted by atomic mass is 9.77. The minimum absolute atomic E-state index is 0.0659. The molecule has 108 valence electrons. The zero-order chi connectivity index (χ0) is 13.9. The highest BCUT2D eigenvalue weighted by Gasteiger charge is 2.34. The van der Waals surface area contributed by atoms with Crippen LogP contribution in [0.15, 0.2) is 0 Å². The van der Waals surface area contributed by atoms with E-state index in [-0.39, 0.29) is 16.7 Å². The molecule has 0 unspecified atom stereocenters. The second-order valence-electron chi connectivity index (χ2n) is 6.60. The number of hydrogen-bond acceptors (Lipinski definition) is 4. The molecule has 0 atom stereocenters. The quantitative estimate of drug-likeness (QED) is 0.829. The van der Waals surface area contributed by atoms with Crippen LogP contribution in [0.25, 0.3) is 0 Å². The first kappa shape index (κ1) is 15.9. The summed E-state index contributed by atoms with van der Waals surface area (Å²) in [6, 6.07) is 0. The van der Waals surface area contributed by atoms with Gasteiger partial charge in [0.25, 0.3) is 0 Å². The van der Waals surface area contributed by atoms with Crippen LogP contribution in [-0.2, 0) is 14.6 Å². The van der Waals surface area contributed by atoms with Crippen molar-refractivity contribution in [3.8, 4) is 0 Å². The molecule has 0 saturated carbocycles. The van der Waals surface area contributed by atoms with Crippen LogP contribution in [0, 0.1) is 5.41 Å². The minimum Gasteiger partial charge on any atom is -0.381 e. The Labute approximate surface area is 111 Å². The summed E-state index contributed by atoms with van der Waals surface area (Å²) in [5.41, 5.74) is 0.144. The molecule has 0 aromatic rings. The third-order valence-corrected chi connectivity index (χ3v) is 4.50. The Kier molecular flexibility index (Phi) is 5.21. The van der Waals surface area contributed by atoms with Crippen LogP contribution >= 0.6 is 0 Å². The number of nitrogens with one attached hydrogen (secondary N) is 1. The zero-order valence-corrected chi connectivity index (χ0v) is 12.9. The molecule has 0 aromatic carbocycles. The second-order valence-corrected chi connectivity index (χ2v) is 8.86. The van der Waals surface area contributed by atoms with Gasteiger partial charge in [-0.15, -0.1) is 0 Å². The SMILES string of the molecule is CC(C)(C)NCC1(CCS(C)(=O)=O)CCOCC1. The fourth-order valence-corrected chi connectivity index (χ4v) is 2.98. The molecule has 1 heterocycles. The van der Waals surface area contributed by atoms with Gasteiger partial charge in [-0.1, -0.05) is 0 Å². The summed E-state index contributed by atoms with van der Waals surface area (Å²) < 4.78 is 28.1. The molecule has 0 aromatic heterocycles. The molecule has 0 spiro atoms. The van der Waals surface area contributed by atoms with Gasteiger partial charge in [0, 0.05) is 31.6 Å². The van der Waals surface area contributed by atoms with Crippen molar-refractivity contribution in [2.24, 2.45) is 5.41 Å². The summed E-state index contributed by atoms with van der Waals surface area (Å²) in [6.07, 6.45) is 3.95. The maximum absolute atomic E-state index is 11.4. The van der Waals surface area contributed by atoms with Crippen LogP contribution < -0.4 is 5.32 Å². The highest BCUT2D eigenvalue weighted by Crippen LogP contribution is 2.34. The smallest absolute Gasteiger partial charge is 0.147 e. The van der Waals surface area contributed by atoms with Crippen molar-refractivity contribution in [1.29, 1.82) is 0 Å². The van der Waals surface area contributed by atoms with Crippen LogP contribution in [0.4, 0.5) is 0 Å². The third kappa shape index (κ3) is 6.16. The van der Waals surface area contributed by atoms with Gasteiger partial charge in [0.05, 0.1) is 5.75 Å². The molecule has 0 aliphatic carbocycles. The van der Waals surface area contributed by atoms with Crippen LogP contribution in [0.2, 0.25) is 0 Å². The predicted octanol–water partition coefficient (Wildman–Crippen LogP) is 1.61. The van der Waals surface area contributed by atoms with Crippen molar-refractivity contribution in [3.05, 3.63) is 0 Å². The molecule has 1 fully saturated rings. The van der Waals surface area contributed by atoms with Crippen molar-refractivity contribution in [2.75, 3.05) is 31.8 Å². The number of sulfone groups is 1. The van der Waals surface area contributed by atoms with Crippen LogP contribution in [0.5, 0.6) is 0 Å². The molecular weight excluding hydrogens is 250 g/mol. The average Bonchev–Trinajstić information content (AvgIpc) is 2.24. The van der Waals surface area contributed by atoms with E-state index in [2.05, 4.69) is 26.1 Å². The van der Waals surface area contributed by atoms with E-state index in [1.807, 2.05) is 0 Å². The first-order valence-corrected chi connectivity index (χ1v) is 8.69. The van der Waals surface area contributed by atoms with E-state index in [9.17, 15) is 8.42 Å². The van der Waals surface area contributed by atoms with Crippen LogP contribution in [0.3, 0.4) is 0 Å². The van der Waals surface area contributed by atoms with E-state index in [0.717, 1.165) is 39.0 Å².